The maximum atomic E-state index is 11.8. The molecule has 1 atom stereocenters. The molecule has 0 saturated heterocycles. The number of pyridine rings is 1. The van der Waals surface area contributed by atoms with Gasteiger partial charge in [0.15, 0.2) is 0 Å². The van der Waals surface area contributed by atoms with Crippen molar-refractivity contribution < 1.29 is 0 Å². The van der Waals surface area contributed by atoms with Crippen LogP contribution in [0.4, 0.5) is 0 Å². The van der Waals surface area contributed by atoms with Gasteiger partial charge < -0.3 is 4.98 Å². The third-order valence-electron chi connectivity index (χ3n) is 4.82. The maximum Gasteiger partial charge on any atom is 0.251 e. The van der Waals surface area contributed by atoms with E-state index in [1.54, 1.807) is 0 Å². The molecule has 0 spiro atoms. The Bertz CT molecular complexity index is 864. The molecule has 1 N–H and O–H groups in total. The minimum Gasteiger partial charge on any atom is -0.322 e. The molecule has 3 aromatic rings. The van der Waals surface area contributed by atoms with Crippen molar-refractivity contribution in [2.75, 3.05) is 0 Å². The average Bonchev–Trinajstić information content (AvgIpc) is 2.60. The van der Waals surface area contributed by atoms with E-state index in [0.29, 0.717) is 5.92 Å². The number of hydrogen-bond donors (Lipinski definition) is 1. The molecule has 1 aromatic heterocycles. The number of nitrogens with one attached hydrogen (secondary N) is 1. The predicted octanol–water partition coefficient (Wildman–Crippen LogP) is 5.35. The highest BCUT2D eigenvalue weighted by atomic mass is 16.1. The summed E-state index contributed by atoms with van der Waals surface area (Å²) in [6, 6.07) is 19.1. The van der Waals surface area contributed by atoms with E-state index in [2.05, 4.69) is 60.4 Å². The van der Waals surface area contributed by atoms with Crippen LogP contribution in [0.5, 0.6) is 0 Å². The van der Waals surface area contributed by atoms with Crippen molar-refractivity contribution in [2.45, 2.75) is 45.4 Å². The van der Waals surface area contributed by atoms with Gasteiger partial charge in [0, 0.05) is 11.1 Å². The van der Waals surface area contributed by atoms with Crippen LogP contribution in [0.25, 0.3) is 10.9 Å². The van der Waals surface area contributed by atoms with Crippen LogP contribution in [0.2, 0.25) is 0 Å². The van der Waals surface area contributed by atoms with E-state index in [0.717, 1.165) is 22.9 Å². The molecule has 2 heteroatoms. The van der Waals surface area contributed by atoms with Crippen molar-refractivity contribution in [3.63, 3.8) is 0 Å². The Kier molecular flexibility index (Phi) is 5.14. The van der Waals surface area contributed by atoms with E-state index in [-0.39, 0.29) is 5.56 Å². The molecule has 2 aromatic carbocycles. The van der Waals surface area contributed by atoms with Gasteiger partial charge in [-0.2, -0.15) is 0 Å². The Morgan fingerprint density at radius 1 is 1.00 bits per heavy atom. The molecule has 0 aliphatic rings. The molecule has 0 radical (unpaired) electrons. The third-order valence-corrected chi connectivity index (χ3v) is 4.82. The lowest BCUT2D eigenvalue weighted by atomic mass is 9.93. The third kappa shape index (κ3) is 3.94. The molecule has 24 heavy (non-hydrogen) atoms. The van der Waals surface area contributed by atoms with Crippen LogP contribution in [0, 0.1) is 6.92 Å². The van der Waals surface area contributed by atoms with Crippen LogP contribution < -0.4 is 5.56 Å². The molecule has 0 unspecified atom stereocenters. The first-order valence-corrected chi connectivity index (χ1v) is 8.81. The fraction of sp³-hybridized carbons (Fsp3) is 0.318. The summed E-state index contributed by atoms with van der Waals surface area (Å²) in [5.74, 6) is 0.509. The minimum absolute atomic E-state index is 0.00941. The number of aromatic nitrogens is 1. The van der Waals surface area contributed by atoms with Gasteiger partial charge in [0.2, 0.25) is 0 Å². The van der Waals surface area contributed by atoms with Crippen LogP contribution >= 0.6 is 0 Å². The topological polar surface area (TPSA) is 32.9 Å². The molecule has 0 amide bonds. The van der Waals surface area contributed by atoms with E-state index in [1.165, 1.54) is 30.4 Å². The number of rotatable bonds is 6. The standard InChI is InChI=1S/C22H25NO/c1-16(8-6-7-11-18-9-4-3-5-10-18)19-12-13-20-14-17(2)22(24)23-21(20)15-19/h3-5,9-10,12-16H,6-8,11H2,1-2H3,(H,23,24)/t16-/m1/s1. The van der Waals surface area contributed by atoms with E-state index in [4.69, 9.17) is 0 Å². The number of aromatic amines is 1. The minimum atomic E-state index is 0.00941. The second kappa shape index (κ2) is 7.48. The fourth-order valence-electron chi connectivity index (χ4n) is 3.23. The number of hydrogen-bond acceptors (Lipinski definition) is 1. The molecule has 0 fully saturated rings. The first-order valence-electron chi connectivity index (χ1n) is 8.81. The zero-order chi connectivity index (χ0) is 16.9. The van der Waals surface area contributed by atoms with Crippen LogP contribution in [0.3, 0.4) is 0 Å². The summed E-state index contributed by atoms with van der Waals surface area (Å²) in [6.45, 7) is 4.12. The van der Waals surface area contributed by atoms with Gasteiger partial charge in [-0.15, -0.1) is 0 Å². The van der Waals surface area contributed by atoms with Crippen molar-refractivity contribution >= 4 is 10.9 Å². The van der Waals surface area contributed by atoms with E-state index >= 15 is 0 Å². The summed E-state index contributed by atoms with van der Waals surface area (Å²) < 4.78 is 0. The summed E-state index contributed by atoms with van der Waals surface area (Å²) >= 11 is 0. The van der Waals surface area contributed by atoms with Gasteiger partial charge in [-0.05, 0) is 60.7 Å². The van der Waals surface area contributed by atoms with Crippen molar-refractivity contribution in [2.24, 2.45) is 0 Å². The molecular weight excluding hydrogens is 294 g/mol. The van der Waals surface area contributed by atoms with Crippen molar-refractivity contribution in [3.05, 3.63) is 81.6 Å². The summed E-state index contributed by atoms with van der Waals surface area (Å²) in [5.41, 5.74) is 4.45. The van der Waals surface area contributed by atoms with Gasteiger partial charge in [0.1, 0.15) is 0 Å². The Morgan fingerprint density at radius 2 is 1.79 bits per heavy atom. The molecule has 124 valence electrons. The Labute approximate surface area is 143 Å². The van der Waals surface area contributed by atoms with Gasteiger partial charge in [-0.1, -0.05) is 55.8 Å². The number of unbranched alkanes of at least 4 members (excludes halogenated alkanes) is 1. The monoisotopic (exact) mass is 319 g/mol. The highest BCUT2D eigenvalue weighted by Crippen LogP contribution is 2.24. The zero-order valence-corrected chi connectivity index (χ0v) is 14.5. The summed E-state index contributed by atoms with van der Waals surface area (Å²) in [7, 11) is 0. The number of aryl methyl sites for hydroxylation is 2. The molecule has 0 saturated carbocycles. The van der Waals surface area contributed by atoms with Crippen LogP contribution in [-0.2, 0) is 6.42 Å². The molecular formula is C22H25NO. The Morgan fingerprint density at radius 3 is 2.58 bits per heavy atom. The van der Waals surface area contributed by atoms with Crippen molar-refractivity contribution in [1.29, 1.82) is 0 Å². The first-order chi connectivity index (χ1) is 11.6. The molecule has 1 heterocycles. The van der Waals surface area contributed by atoms with Gasteiger partial charge in [0.05, 0.1) is 0 Å². The van der Waals surface area contributed by atoms with E-state index < -0.39 is 0 Å². The average molecular weight is 319 g/mol. The summed E-state index contributed by atoms with van der Waals surface area (Å²) in [5, 5.41) is 1.10. The smallest absolute Gasteiger partial charge is 0.251 e. The largest absolute Gasteiger partial charge is 0.322 e. The van der Waals surface area contributed by atoms with E-state index in [9.17, 15) is 4.79 Å². The quantitative estimate of drug-likeness (QED) is 0.610. The van der Waals surface area contributed by atoms with Gasteiger partial charge in [-0.25, -0.2) is 0 Å². The molecule has 0 bridgehead atoms. The highest BCUT2D eigenvalue weighted by Gasteiger charge is 2.07. The lowest BCUT2D eigenvalue weighted by molar-refractivity contribution is 0.604. The number of benzene rings is 2. The van der Waals surface area contributed by atoms with Gasteiger partial charge in [0.25, 0.3) is 5.56 Å². The van der Waals surface area contributed by atoms with Crippen LogP contribution in [0.15, 0.2) is 59.4 Å². The Balaban J connectivity index is 1.60. The highest BCUT2D eigenvalue weighted by molar-refractivity contribution is 5.79. The van der Waals surface area contributed by atoms with Gasteiger partial charge >= 0.3 is 0 Å². The molecule has 0 aliphatic heterocycles. The molecule has 0 aliphatic carbocycles. The number of fused-ring (bicyclic) bond motifs is 1. The summed E-state index contributed by atoms with van der Waals surface area (Å²) in [6.07, 6.45) is 4.77. The van der Waals surface area contributed by atoms with Crippen LogP contribution in [-0.4, -0.2) is 4.98 Å². The molecule has 3 rings (SSSR count). The van der Waals surface area contributed by atoms with Crippen LogP contribution in [0.1, 0.15) is 48.8 Å². The van der Waals surface area contributed by atoms with Crippen molar-refractivity contribution in [3.8, 4) is 0 Å². The SMILES string of the molecule is Cc1cc2ccc([C@H](C)CCCCc3ccccc3)cc2[nH]c1=O. The molecule has 2 nitrogen and oxygen atoms in total. The normalized spacial score (nSPS) is 12.4. The fourth-order valence-corrected chi connectivity index (χ4v) is 3.23. The first kappa shape index (κ1) is 16.5. The second-order valence-corrected chi connectivity index (χ2v) is 6.76. The lowest BCUT2D eigenvalue weighted by Crippen LogP contribution is -2.08. The maximum absolute atomic E-state index is 11.8. The number of H-pyrrole nitrogens is 1. The zero-order valence-electron chi connectivity index (χ0n) is 14.5. The predicted molar refractivity (Wildman–Crippen MR) is 102 cm³/mol. The lowest BCUT2D eigenvalue weighted by Gasteiger charge is -2.13. The summed E-state index contributed by atoms with van der Waals surface area (Å²) in [4.78, 5) is 14.8. The second-order valence-electron chi connectivity index (χ2n) is 6.76. The van der Waals surface area contributed by atoms with E-state index in [1.807, 2.05) is 13.0 Å². The van der Waals surface area contributed by atoms with Gasteiger partial charge in [-0.3, -0.25) is 4.79 Å². The van der Waals surface area contributed by atoms with Crippen molar-refractivity contribution in [1.82, 2.24) is 4.98 Å². The Hall–Kier alpha value is -2.35.